The van der Waals surface area contributed by atoms with Gasteiger partial charge >= 0.3 is 0 Å². The van der Waals surface area contributed by atoms with Crippen LogP contribution in [0.3, 0.4) is 0 Å². The van der Waals surface area contributed by atoms with E-state index < -0.39 is 0 Å². The van der Waals surface area contributed by atoms with Crippen LogP contribution in [0.4, 0.5) is 0 Å². The zero-order chi connectivity index (χ0) is 19.4. The van der Waals surface area contributed by atoms with Crippen LogP contribution in [0, 0.1) is 3.57 Å². The van der Waals surface area contributed by atoms with Crippen molar-refractivity contribution in [2.24, 2.45) is 0 Å². The lowest BCUT2D eigenvalue weighted by atomic mass is 10.2. The van der Waals surface area contributed by atoms with E-state index >= 15 is 0 Å². The predicted molar refractivity (Wildman–Crippen MR) is 111 cm³/mol. The van der Waals surface area contributed by atoms with Gasteiger partial charge in [0.1, 0.15) is 5.75 Å². The van der Waals surface area contributed by atoms with Gasteiger partial charge in [-0.1, -0.05) is 5.16 Å². The van der Waals surface area contributed by atoms with Crippen molar-refractivity contribution in [3.05, 3.63) is 40.0 Å². The molecule has 2 aromatic carbocycles. The molecule has 0 aliphatic carbocycles. The number of rotatable bonds is 7. The number of methoxy groups -OCH3 is 1. The van der Waals surface area contributed by atoms with E-state index in [1.807, 2.05) is 57.2 Å². The molecular formula is C20H21IN2O4. The Balaban J connectivity index is 1.88. The lowest BCUT2D eigenvalue weighted by molar-refractivity contribution is 0.240. The number of nitrogens with zero attached hydrogens (tertiary/aromatic N) is 2. The molecule has 7 heteroatoms. The molecule has 0 N–H and O–H groups in total. The minimum Gasteiger partial charge on any atom is -0.493 e. The Morgan fingerprint density at radius 2 is 1.78 bits per heavy atom. The molecule has 0 unspecified atom stereocenters. The molecule has 27 heavy (non-hydrogen) atoms. The highest BCUT2D eigenvalue weighted by Crippen LogP contribution is 2.33. The molecule has 0 atom stereocenters. The minimum absolute atomic E-state index is 0.121. The summed E-state index contributed by atoms with van der Waals surface area (Å²) in [7, 11) is 1.60. The van der Waals surface area contributed by atoms with Crippen molar-refractivity contribution in [3.8, 4) is 40.1 Å². The lowest BCUT2D eigenvalue weighted by Gasteiger charge is -2.11. The Morgan fingerprint density at radius 1 is 1.04 bits per heavy atom. The van der Waals surface area contributed by atoms with Gasteiger partial charge in [0.15, 0.2) is 11.5 Å². The maximum absolute atomic E-state index is 5.77. The summed E-state index contributed by atoms with van der Waals surface area (Å²) in [6.45, 7) is 6.49. The summed E-state index contributed by atoms with van der Waals surface area (Å²) in [4.78, 5) is 4.52. The largest absolute Gasteiger partial charge is 0.493 e. The molecule has 0 spiro atoms. The molecule has 3 aromatic rings. The Labute approximate surface area is 172 Å². The molecule has 0 fully saturated rings. The van der Waals surface area contributed by atoms with Crippen molar-refractivity contribution < 1.29 is 18.7 Å². The quantitative estimate of drug-likeness (QED) is 0.433. The van der Waals surface area contributed by atoms with Crippen LogP contribution in [0.5, 0.6) is 17.2 Å². The summed E-state index contributed by atoms with van der Waals surface area (Å²) in [5, 5.41) is 4.11. The van der Waals surface area contributed by atoms with Crippen LogP contribution in [0.15, 0.2) is 40.9 Å². The first kappa shape index (κ1) is 19.5. The fourth-order valence-electron chi connectivity index (χ4n) is 2.52. The first-order valence-electron chi connectivity index (χ1n) is 8.63. The fraction of sp³-hybridized carbons (Fsp3) is 0.300. The van der Waals surface area contributed by atoms with Gasteiger partial charge in [-0.3, -0.25) is 0 Å². The molecule has 0 aliphatic heterocycles. The maximum Gasteiger partial charge on any atom is 0.258 e. The summed E-state index contributed by atoms with van der Waals surface area (Å²) < 4.78 is 23.1. The number of hydrogen-bond acceptors (Lipinski definition) is 6. The van der Waals surface area contributed by atoms with Gasteiger partial charge in [0.25, 0.3) is 5.89 Å². The molecule has 0 saturated heterocycles. The number of halogens is 1. The van der Waals surface area contributed by atoms with Crippen molar-refractivity contribution in [1.82, 2.24) is 10.1 Å². The van der Waals surface area contributed by atoms with Gasteiger partial charge in [0, 0.05) is 11.1 Å². The first-order valence-corrected chi connectivity index (χ1v) is 9.71. The van der Waals surface area contributed by atoms with Gasteiger partial charge in [-0.2, -0.15) is 4.98 Å². The van der Waals surface area contributed by atoms with Crippen LogP contribution in [0.2, 0.25) is 0 Å². The Kier molecular flexibility index (Phi) is 6.20. The number of ether oxygens (including phenoxy) is 3. The highest BCUT2D eigenvalue weighted by molar-refractivity contribution is 14.1. The predicted octanol–water partition coefficient (Wildman–Crippen LogP) is 5.20. The van der Waals surface area contributed by atoms with E-state index in [0.717, 1.165) is 20.4 Å². The number of aromatic nitrogens is 2. The van der Waals surface area contributed by atoms with Crippen molar-refractivity contribution in [1.29, 1.82) is 0 Å². The topological polar surface area (TPSA) is 66.6 Å². The Bertz CT molecular complexity index is 924. The van der Waals surface area contributed by atoms with Gasteiger partial charge in [0.05, 0.1) is 23.4 Å². The molecule has 0 bridgehead atoms. The third kappa shape index (κ3) is 4.52. The SMILES string of the molecule is CCOc1ccc(-c2nc(-c3ccc(OC(C)C)c(I)c3)no2)cc1OC. The van der Waals surface area contributed by atoms with Gasteiger partial charge in [-0.15, -0.1) is 0 Å². The second kappa shape index (κ2) is 8.60. The highest BCUT2D eigenvalue weighted by atomic mass is 127. The number of benzene rings is 2. The monoisotopic (exact) mass is 480 g/mol. The molecule has 0 saturated carbocycles. The molecular weight excluding hydrogens is 459 g/mol. The Morgan fingerprint density at radius 3 is 2.44 bits per heavy atom. The van der Waals surface area contributed by atoms with Crippen molar-refractivity contribution in [2.45, 2.75) is 26.9 Å². The van der Waals surface area contributed by atoms with E-state index in [9.17, 15) is 0 Å². The van der Waals surface area contributed by atoms with Gasteiger partial charge in [-0.05, 0) is 79.8 Å². The summed E-state index contributed by atoms with van der Waals surface area (Å²) >= 11 is 2.24. The van der Waals surface area contributed by atoms with E-state index in [1.165, 1.54) is 0 Å². The standard InChI is InChI=1S/C20H21IN2O4/c1-5-25-17-9-7-14(11-18(17)24-4)20-22-19(23-27-20)13-6-8-16(15(21)10-13)26-12(2)3/h6-12H,5H2,1-4H3. The third-order valence-corrected chi connectivity index (χ3v) is 4.53. The molecule has 1 heterocycles. The summed E-state index contributed by atoms with van der Waals surface area (Å²) in [5.74, 6) is 3.09. The molecule has 6 nitrogen and oxygen atoms in total. The minimum atomic E-state index is 0.121. The van der Waals surface area contributed by atoms with Crippen LogP contribution in [-0.2, 0) is 0 Å². The normalized spacial score (nSPS) is 10.9. The van der Waals surface area contributed by atoms with Crippen LogP contribution >= 0.6 is 22.6 Å². The van der Waals surface area contributed by atoms with E-state index in [1.54, 1.807) is 7.11 Å². The van der Waals surface area contributed by atoms with Crippen LogP contribution < -0.4 is 14.2 Å². The van der Waals surface area contributed by atoms with Crippen LogP contribution in [0.1, 0.15) is 20.8 Å². The zero-order valence-corrected chi connectivity index (χ0v) is 17.8. The van der Waals surface area contributed by atoms with Gasteiger partial charge < -0.3 is 18.7 Å². The van der Waals surface area contributed by atoms with Crippen LogP contribution in [0.25, 0.3) is 22.8 Å². The van der Waals surface area contributed by atoms with Crippen molar-refractivity contribution >= 4 is 22.6 Å². The second-order valence-electron chi connectivity index (χ2n) is 6.03. The molecule has 142 valence electrons. The van der Waals surface area contributed by atoms with Gasteiger partial charge in [-0.25, -0.2) is 0 Å². The second-order valence-corrected chi connectivity index (χ2v) is 7.20. The summed E-state index contributed by atoms with van der Waals surface area (Å²) in [5.41, 5.74) is 1.63. The first-order chi connectivity index (χ1) is 13.0. The van der Waals surface area contributed by atoms with E-state index in [0.29, 0.717) is 29.8 Å². The van der Waals surface area contributed by atoms with E-state index in [4.69, 9.17) is 18.7 Å². The van der Waals surface area contributed by atoms with E-state index in [-0.39, 0.29) is 6.10 Å². The zero-order valence-electron chi connectivity index (χ0n) is 15.7. The van der Waals surface area contributed by atoms with Crippen molar-refractivity contribution in [3.63, 3.8) is 0 Å². The average molecular weight is 480 g/mol. The average Bonchev–Trinajstić information content (AvgIpc) is 3.14. The molecule has 0 aliphatic rings. The lowest BCUT2D eigenvalue weighted by Crippen LogP contribution is -2.06. The molecule has 0 radical (unpaired) electrons. The van der Waals surface area contributed by atoms with Gasteiger partial charge in [0.2, 0.25) is 5.82 Å². The smallest absolute Gasteiger partial charge is 0.258 e. The fourth-order valence-corrected chi connectivity index (χ4v) is 3.17. The van der Waals surface area contributed by atoms with E-state index in [2.05, 4.69) is 32.7 Å². The molecule has 1 aromatic heterocycles. The Hall–Kier alpha value is -2.29. The highest BCUT2D eigenvalue weighted by Gasteiger charge is 2.15. The number of hydrogen-bond donors (Lipinski definition) is 0. The molecule has 3 rings (SSSR count). The summed E-state index contributed by atoms with van der Waals surface area (Å²) in [6, 6.07) is 11.4. The maximum atomic E-state index is 5.77. The summed E-state index contributed by atoms with van der Waals surface area (Å²) in [6.07, 6.45) is 0.121. The van der Waals surface area contributed by atoms with Crippen LogP contribution in [-0.4, -0.2) is 30.0 Å². The van der Waals surface area contributed by atoms with Crippen molar-refractivity contribution in [2.75, 3.05) is 13.7 Å². The third-order valence-electron chi connectivity index (χ3n) is 3.69. The molecule has 0 amide bonds.